The third kappa shape index (κ3) is 3.49. The molecule has 0 unspecified atom stereocenters. The summed E-state index contributed by atoms with van der Waals surface area (Å²) in [4.78, 5) is 16.8. The Kier molecular flexibility index (Phi) is 4.52. The van der Waals surface area contributed by atoms with Crippen molar-refractivity contribution in [1.82, 2.24) is 14.6 Å². The van der Waals surface area contributed by atoms with Crippen LogP contribution in [-0.4, -0.2) is 36.7 Å². The molecule has 1 spiro atoms. The molecule has 142 valence electrons. The van der Waals surface area contributed by atoms with Gasteiger partial charge in [0, 0.05) is 37.9 Å². The van der Waals surface area contributed by atoms with Gasteiger partial charge in [0.1, 0.15) is 0 Å². The molecule has 1 saturated heterocycles. The van der Waals surface area contributed by atoms with Crippen LogP contribution in [0.2, 0.25) is 0 Å². The molecule has 1 amide bonds. The quantitative estimate of drug-likeness (QED) is 0.855. The number of rotatable bonds is 5. The van der Waals surface area contributed by atoms with Gasteiger partial charge in [0.15, 0.2) is 0 Å². The third-order valence-corrected chi connectivity index (χ3v) is 7.54. The van der Waals surface area contributed by atoms with Crippen molar-refractivity contribution in [3.8, 4) is 0 Å². The Bertz CT molecular complexity index is 961. The lowest BCUT2D eigenvalue weighted by molar-refractivity contribution is -0.123. The second kappa shape index (κ2) is 6.73. The monoisotopic (exact) mass is 385 g/mol. The van der Waals surface area contributed by atoms with E-state index in [2.05, 4.69) is 10.3 Å². The number of hydrogen-bond donors (Lipinski definition) is 1. The molecule has 1 aliphatic carbocycles. The summed E-state index contributed by atoms with van der Waals surface area (Å²) in [6.45, 7) is 3.26. The normalized spacial score (nSPS) is 24.9. The van der Waals surface area contributed by atoms with Crippen molar-refractivity contribution in [2.45, 2.75) is 31.2 Å². The molecule has 4 rings (SSSR count). The minimum Gasteiger partial charge on any atom is -0.352 e. The Morgan fingerprint density at radius 3 is 2.81 bits per heavy atom. The second-order valence-electron chi connectivity index (χ2n) is 7.60. The zero-order chi connectivity index (χ0) is 19.1. The summed E-state index contributed by atoms with van der Waals surface area (Å²) in [6, 6.07) is 10.7. The fourth-order valence-electron chi connectivity index (χ4n) is 3.97. The maximum Gasteiger partial charge on any atom is 0.243 e. The van der Waals surface area contributed by atoms with Crippen molar-refractivity contribution >= 4 is 15.9 Å². The number of benzene rings is 1. The lowest BCUT2D eigenvalue weighted by Crippen LogP contribution is -2.31. The molecule has 1 aromatic heterocycles. The molecule has 1 aliphatic heterocycles. The van der Waals surface area contributed by atoms with Gasteiger partial charge in [-0.2, -0.15) is 4.31 Å². The Labute approximate surface area is 159 Å². The Morgan fingerprint density at radius 1 is 1.30 bits per heavy atom. The van der Waals surface area contributed by atoms with Gasteiger partial charge in [0.05, 0.1) is 4.90 Å². The minimum absolute atomic E-state index is 0.0154. The second-order valence-corrected chi connectivity index (χ2v) is 9.54. The largest absolute Gasteiger partial charge is 0.352 e. The van der Waals surface area contributed by atoms with Gasteiger partial charge in [0.2, 0.25) is 15.9 Å². The van der Waals surface area contributed by atoms with Gasteiger partial charge in [-0.1, -0.05) is 12.1 Å². The van der Waals surface area contributed by atoms with E-state index in [4.69, 9.17) is 0 Å². The van der Waals surface area contributed by atoms with Crippen LogP contribution in [0, 0.1) is 18.3 Å². The number of nitrogens with zero attached hydrogens (tertiary/aromatic N) is 2. The van der Waals surface area contributed by atoms with E-state index in [0.717, 1.165) is 24.0 Å². The van der Waals surface area contributed by atoms with Gasteiger partial charge in [-0.3, -0.25) is 9.78 Å². The number of carbonyl (C=O) groups is 1. The predicted molar refractivity (Wildman–Crippen MR) is 101 cm³/mol. The first-order valence-electron chi connectivity index (χ1n) is 9.14. The van der Waals surface area contributed by atoms with Crippen molar-refractivity contribution in [1.29, 1.82) is 0 Å². The minimum atomic E-state index is -3.50. The summed E-state index contributed by atoms with van der Waals surface area (Å²) in [6.07, 6.45) is 4.90. The highest BCUT2D eigenvalue weighted by Gasteiger charge is 2.62. The van der Waals surface area contributed by atoms with Crippen LogP contribution >= 0.6 is 0 Å². The Hall–Kier alpha value is -2.25. The van der Waals surface area contributed by atoms with Crippen LogP contribution in [0.5, 0.6) is 0 Å². The Balaban J connectivity index is 1.39. The fraction of sp³-hybridized carbons (Fsp3) is 0.400. The molecule has 2 aliphatic rings. The number of pyridine rings is 1. The highest BCUT2D eigenvalue weighted by atomic mass is 32.2. The number of aryl methyl sites for hydroxylation is 1. The van der Waals surface area contributed by atoms with Crippen molar-refractivity contribution < 1.29 is 13.2 Å². The summed E-state index contributed by atoms with van der Waals surface area (Å²) in [7, 11) is -3.50. The van der Waals surface area contributed by atoms with E-state index >= 15 is 0 Å². The molecule has 7 heteroatoms. The molecule has 0 bridgehead atoms. The number of nitrogens with one attached hydrogen (secondary N) is 1. The summed E-state index contributed by atoms with van der Waals surface area (Å²) >= 11 is 0. The lowest BCUT2D eigenvalue weighted by Gasteiger charge is -2.17. The van der Waals surface area contributed by atoms with Gasteiger partial charge in [0.25, 0.3) is 0 Å². The molecule has 1 N–H and O–H groups in total. The molecular weight excluding hydrogens is 362 g/mol. The van der Waals surface area contributed by atoms with E-state index in [0.29, 0.717) is 24.5 Å². The van der Waals surface area contributed by atoms with E-state index < -0.39 is 10.0 Å². The average Bonchev–Trinajstić information content (AvgIpc) is 3.19. The van der Waals surface area contributed by atoms with Crippen LogP contribution in [0.1, 0.15) is 24.0 Å². The smallest absolute Gasteiger partial charge is 0.243 e. The average molecular weight is 385 g/mol. The van der Waals surface area contributed by atoms with Gasteiger partial charge < -0.3 is 5.32 Å². The van der Waals surface area contributed by atoms with Crippen molar-refractivity contribution in [3.05, 3.63) is 59.9 Å². The zero-order valence-electron chi connectivity index (χ0n) is 15.3. The summed E-state index contributed by atoms with van der Waals surface area (Å²) < 4.78 is 27.4. The van der Waals surface area contributed by atoms with Crippen LogP contribution in [-0.2, 0) is 21.4 Å². The van der Waals surface area contributed by atoms with E-state index in [1.165, 1.54) is 4.31 Å². The van der Waals surface area contributed by atoms with Crippen LogP contribution in [0.15, 0.2) is 53.7 Å². The third-order valence-electron chi connectivity index (χ3n) is 5.70. The topological polar surface area (TPSA) is 79.4 Å². The van der Waals surface area contributed by atoms with Gasteiger partial charge in [-0.05, 0) is 60.6 Å². The van der Waals surface area contributed by atoms with Crippen LogP contribution in [0.4, 0.5) is 0 Å². The maximum atomic E-state index is 12.9. The van der Waals surface area contributed by atoms with Crippen molar-refractivity contribution in [2.24, 2.45) is 11.3 Å². The van der Waals surface area contributed by atoms with E-state index in [9.17, 15) is 13.2 Å². The SMILES string of the molecule is Cc1cccc(S(=O)(=O)N2CC[C@]3(C[C@H]3C(=O)NCc3ccncc3)C2)c1. The van der Waals surface area contributed by atoms with Gasteiger partial charge >= 0.3 is 0 Å². The molecule has 6 nitrogen and oxygen atoms in total. The number of sulfonamides is 1. The van der Waals surface area contributed by atoms with E-state index in [1.807, 2.05) is 25.1 Å². The molecule has 2 aromatic rings. The number of amides is 1. The van der Waals surface area contributed by atoms with Crippen LogP contribution < -0.4 is 5.32 Å². The number of carbonyl (C=O) groups excluding carboxylic acids is 1. The van der Waals surface area contributed by atoms with Crippen LogP contribution in [0.3, 0.4) is 0 Å². The molecule has 0 radical (unpaired) electrons. The Morgan fingerprint density at radius 2 is 2.07 bits per heavy atom. The highest BCUT2D eigenvalue weighted by Crippen LogP contribution is 2.59. The summed E-state index contributed by atoms with van der Waals surface area (Å²) in [5.74, 6) is -0.0846. The van der Waals surface area contributed by atoms with Gasteiger partial charge in [-0.15, -0.1) is 0 Å². The molecule has 2 fully saturated rings. The first-order valence-corrected chi connectivity index (χ1v) is 10.6. The molecule has 2 heterocycles. The van der Waals surface area contributed by atoms with Crippen LogP contribution in [0.25, 0.3) is 0 Å². The molecule has 2 atom stereocenters. The lowest BCUT2D eigenvalue weighted by atomic mass is 10.0. The van der Waals surface area contributed by atoms with Crippen molar-refractivity contribution in [2.75, 3.05) is 13.1 Å². The fourth-order valence-corrected chi connectivity index (χ4v) is 5.61. The van der Waals surface area contributed by atoms with Gasteiger partial charge in [-0.25, -0.2) is 8.42 Å². The standard InChI is InChI=1S/C20H23N3O3S/c1-15-3-2-4-17(11-15)27(25,26)23-10-7-20(14-23)12-18(20)19(24)22-13-16-5-8-21-9-6-16/h2-6,8-9,11,18H,7,10,12-14H2,1H3,(H,22,24)/t18-,20-/m0/s1. The molecule has 1 saturated carbocycles. The highest BCUT2D eigenvalue weighted by molar-refractivity contribution is 7.89. The maximum absolute atomic E-state index is 12.9. The van der Waals surface area contributed by atoms with E-state index in [1.54, 1.807) is 30.6 Å². The first-order chi connectivity index (χ1) is 12.9. The number of hydrogen-bond acceptors (Lipinski definition) is 4. The zero-order valence-corrected chi connectivity index (χ0v) is 16.1. The first kappa shape index (κ1) is 18.1. The van der Waals surface area contributed by atoms with E-state index in [-0.39, 0.29) is 17.2 Å². The summed E-state index contributed by atoms with van der Waals surface area (Å²) in [5, 5.41) is 2.97. The molecule has 1 aromatic carbocycles. The summed E-state index contributed by atoms with van der Waals surface area (Å²) in [5.41, 5.74) is 1.73. The molecular formula is C20H23N3O3S. The predicted octanol–water partition coefficient (Wildman–Crippen LogP) is 2.11. The number of aromatic nitrogens is 1. The molecule has 27 heavy (non-hydrogen) atoms. The van der Waals surface area contributed by atoms with Crippen molar-refractivity contribution in [3.63, 3.8) is 0 Å².